The van der Waals surface area contributed by atoms with E-state index < -0.39 is 14.8 Å². The molecule has 26 heavy (non-hydrogen) atoms. The molecule has 0 spiro atoms. The van der Waals surface area contributed by atoms with Crippen molar-refractivity contribution >= 4 is 12.6 Å². The molecule has 0 aromatic heterocycles. The van der Waals surface area contributed by atoms with Crippen LogP contribution in [0.15, 0.2) is 104 Å². The van der Waals surface area contributed by atoms with Crippen LogP contribution in [-0.2, 0) is 14.8 Å². The van der Waals surface area contributed by atoms with Crippen molar-refractivity contribution in [3.8, 4) is 0 Å². The predicted octanol–water partition coefficient (Wildman–Crippen LogP) is 5.23. The predicted molar refractivity (Wildman–Crippen MR) is 112 cm³/mol. The molecule has 130 valence electrons. The van der Waals surface area contributed by atoms with E-state index in [4.69, 9.17) is 4.82 Å². The van der Waals surface area contributed by atoms with Crippen molar-refractivity contribution in [3.63, 3.8) is 0 Å². The summed E-state index contributed by atoms with van der Waals surface area (Å²) in [5, 5.41) is 0. The van der Waals surface area contributed by atoms with Gasteiger partial charge in [-0.15, -0.1) is 0 Å². The van der Waals surface area contributed by atoms with Crippen LogP contribution in [0, 0.1) is 0 Å². The molecule has 0 fully saturated rings. The maximum atomic E-state index is 5.26. The van der Waals surface area contributed by atoms with Gasteiger partial charge < -0.3 is 0 Å². The Hall–Kier alpha value is -2.02. The molecule has 2 aromatic carbocycles. The fraction of sp³-hybridized carbons (Fsp3) is 0.160. The van der Waals surface area contributed by atoms with E-state index in [0.717, 1.165) is 12.8 Å². The van der Waals surface area contributed by atoms with E-state index >= 15 is 0 Å². The van der Waals surface area contributed by atoms with Crippen molar-refractivity contribution in [2.45, 2.75) is 26.7 Å². The summed E-state index contributed by atoms with van der Waals surface area (Å²) in [4.78, 5) is 5.26. The van der Waals surface area contributed by atoms with Crippen LogP contribution in [0.2, 0.25) is 0 Å². The second-order valence-electron chi connectivity index (χ2n) is 7.82. The van der Waals surface area contributed by atoms with Crippen LogP contribution in [0.5, 0.6) is 0 Å². The molecule has 0 radical (unpaired) electrons. The Morgan fingerprint density at radius 1 is 0.808 bits per heavy atom. The Labute approximate surface area is 157 Å². The van der Waals surface area contributed by atoms with Crippen LogP contribution in [0.4, 0.5) is 0 Å². The minimum atomic E-state index is -3.84. The van der Waals surface area contributed by atoms with E-state index in [1.807, 2.05) is 0 Å². The van der Waals surface area contributed by atoms with E-state index in [1.165, 1.54) is 22.8 Å². The third kappa shape index (κ3) is 2.29. The second-order valence-corrected chi connectivity index (χ2v) is 16.2. The molecule has 2 aliphatic carbocycles. The van der Waals surface area contributed by atoms with Gasteiger partial charge in [0.15, 0.2) is 0 Å². The van der Waals surface area contributed by atoms with Crippen molar-refractivity contribution in [2.24, 2.45) is 0 Å². The third-order valence-corrected chi connectivity index (χ3v) is 17.1. The Morgan fingerprint density at radius 2 is 1.38 bits per heavy atom. The zero-order valence-electron chi connectivity index (χ0n) is 15.7. The monoisotopic (exact) mass is 374 g/mol. The SMILES string of the molecule is [CH2]=[Ti]([C]1=CC=CC1)([C]1=CC(C)=C(C)C1)([c]1ccccc1)[c]1ccccc1. The molecule has 0 heterocycles. The standard InChI is InChI=1S/C7H9.2C6H5.C5H5.CH2.Ti/c1-6-4-3-5-7(6)2;2*1-2-4-6-5-3-1;1-2-4-5-3-1;;/h4H,5H2,1-2H3;2*1-5H;1-3H,4H2;1H2;. The Kier molecular flexibility index (Phi) is 4.22. The van der Waals surface area contributed by atoms with Crippen LogP contribution in [0.1, 0.15) is 26.7 Å². The van der Waals surface area contributed by atoms with Crippen LogP contribution in [0.25, 0.3) is 0 Å². The number of benzene rings is 2. The molecule has 0 aliphatic heterocycles. The molecule has 4 rings (SSSR count). The normalized spacial score (nSPS) is 17.5. The third-order valence-electron chi connectivity index (χ3n) is 6.53. The molecule has 2 aliphatic rings. The Bertz CT molecular complexity index is 985. The molecular weight excluding hydrogens is 348 g/mol. The van der Waals surface area contributed by atoms with E-state index in [2.05, 4.69) is 98.8 Å². The van der Waals surface area contributed by atoms with Gasteiger partial charge in [0.25, 0.3) is 0 Å². The van der Waals surface area contributed by atoms with Gasteiger partial charge in [-0.25, -0.2) is 0 Å². The van der Waals surface area contributed by atoms with Crippen LogP contribution in [-0.4, -0.2) is 4.82 Å². The van der Waals surface area contributed by atoms with Crippen LogP contribution < -0.4 is 7.74 Å². The first kappa shape index (κ1) is 17.4. The first-order valence-corrected chi connectivity index (χ1v) is 13.7. The molecule has 1 heteroatoms. The summed E-state index contributed by atoms with van der Waals surface area (Å²) in [5.74, 6) is 0. The molecule has 0 amide bonds. The van der Waals surface area contributed by atoms with E-state index in [0.29, 0.717) is 0 Å². The van der Waals surface area contributed by atoms with E-state index in [1.54, 1.807) is 3.88 Å². The number of hydrogen-bond donors (Lipinski definition) is 0. The van der Waals surface area contributed by atoms with Gasteiger partial charge in [-0.05, 0) is 0 Å². The molecule has 0 N–H and O–H groups in total. The van der Waals surface area contributed by atoms with Crippen molar-refractivity contribution in [1.82, 2.24) is 0 Å². The molecular formula is C25H26Ti. The summed E-state index contributed by atoms with van der Waals surface area (Å²) in [5.41, 5.74) is 2.90. The van der Waals surface area contributed by atoms with Crippen molar-refractivity contribution in [3.05, 3.63) is 104 Å². The zero-order valence-corrected chi connectivity index (χ0v) is 17.3. The van der Waals surface area contributed by atoms with Gasteiger partial charge in [-0.3, -0.25) is 0 Å². The minimum absolute atomic E-state index is 1.01. The first-order chi connectivity index (χ1) is 12.6. The van der Waals surface area contributed by atoms with Crippen LogP contribution in [0.3, 0.4) is 0 Å². The quantitative estimate of drug-likeness (QED) is 0.643. The fourth-order valence-corrected chi connectivity index (χ4v) is 14.6. The van der Waals surface area contributed by atoms with Gasteiger partial charge in [-0.2, -0.15) is 0 Å². The van der Waals surface area contributed by atoms with E-state index in [-0.39, 0.29) is 0 Å². The summed E-state index contributed by atoms with van der Waals surface area (Å²) in [6, 6.07) is 22.2. The number of hydrogen-bond acceptors (Lipinski definition) is 0. The molecule has 0 saturated heterocycles. The van der Waals surface area contributed by atoms with Crippen LogP contribution >= 0.6 is 0 Å². The molecule has 0 nitrogen and oxygen atoms in total. The number of rotatable bonds is 4. The maximum absolute atomic E-state index is 5.26. The summed E-state index contributed by atoms with van der Waals surface area (Å²) in [6.07, 6.45) is 11.4. The van der Waals surface area contributed by atoms with Gasteiger partial charge in [0.2, 0.25) is 0 Å². The Morgan fingerprint density at radius 3 is 1.81 bits per heavy atom. The van der Waals surface area contributed by atoms with Crippen molar-refractivity contribution in [2.75, 3.05) is 0 Å². The van der Waals surface area contributed by atoms with Gasteiger partial charge in [-0.1, -0.05) is 0 Å². The molecule has 2 aromatic rings. The summed E-state index contributed by atoms with van der Waals surface area (Å²) in [7, 11) is 0. The molecule has 0 unspecified atom stereocenters. The van der Waals surface area contributed by atoms with Crippen molar-refractivity contribution < 1.29 is 14.8 Å². The Balaban J connectivity index is 2.13. The molecule has 0 saturated carbocycles. The van der Waals surface area contributed by atoms with E-state index in [9.17, 15) is 0 Å². The van der Waals surface area contributed by atoms with Gasteiger partial charge in [0, 0.05) is 0 Å². The van der Waals surface area contributed by atoms with Gasteiger partial charge in [0.05, 0.1) is 0 Å². The summed E-state index contributed by atoms with van der Waals surface area (Å²) < 4.78 is 5.95. The number of allylic oxidation sites excluding steroid dienone is 8. The van der Waals surface area contributed by atoms with Gasteiger partial charge >= 0.3 is 158 Å². The average molecular weight is 374 g/mol. The summed E-state index contributed by atoms with van der Waals surface area (Å²) in [6.45, 7) is 4.52. The molecule has 0 bridgehead atoms. The zero-order chi connectivity index (χ0) is 18.2. The first-order valence-electron chi connectivity index (χ1n) is 9.43. The second kappa shape index (κ2) is 6.30. The summed E-state index contributed by atoms with van der Waals surface area (Å²) >= 11 is -3.84. The fourth-order valence-electron chi connectivity index (χ4n) is 4.80. The topological polar surface area (TPSA) is 0 Å². The van der Waals surface area contributed by atoms with Crippen molar-refractivity contribution in [1.29, 1.82) is 0 Å². The molecule has 0 atom stereocenters. The average Bonchev–Trinajstić information content (AvgIpc) is 3.34. The van der Waals surface area contributed by atoms with Gasteiger partial charge in [0.1, 0.15) is 0 Å².